The number of fused-ring (bicyclic) bond motifs is 1. The Labute approximate surface area is 149 Å². The van der Waals surface area contributed by atoms with Crippen LogP contribution in [0.3, 0.4) is 0 Å². The molecule has 0 radical (unpaired) electrons. The van der Waals surface area contributed by atoms with Gasteiger partial charge in [-0.3, -0.25) is 4.79 Å². The number of halogens is 1. The molecule has 1 amide bonds. The standard InChI is InChI=1S/C19H27ClN2O2/c1-14-5-2-3-9-22(14)10-4-8-21-19(23)16-11-15-12-17(20)6-7-18(15)24-13-16/h6-7,12,14,16H,2-5,8-11,13H2,1H3,(H,21,23)/t14-,16-/m1/s1. The largest absolute Gasteiger partial charge is 0.492 e. The van der Waals surface area contributed by atoms with Crippen LogP contribution in [0.4, 0.5) is 0 Å². The molecular weight excluding hydrogens is 324 g/mol. The summed E-state index contributed by atoms with van der Waals surface area (Å²) >= 11 is 6.03. The first-order valence-corrected chi connectivity index (χ1v) is 9.44. The summed E-state index contributed by atoms with van der Waals surface area (Å²) in [6.07, 6.45) is 5.66. The molecule has 1 aromatic rings. The Morgan fingerprint density at radius 3 is 3.12 bits per heavy atom. The fraction of sp³-hybridized carbons (Fsp3) is 0.632. The molecule has 1 aromatic carbocycles. The summed E-state index contributed by atoms with van der Waals surface area (Å²) in [6.45, 7) is 5.76. The number of carbonyl (C=O) groups is 1. The van der Waals surface area contributed by atoms with E-state index >= 15 is 0 Å². The summed E-state index contributed by atoms with van der Waals surface area (Å²) in [5, 5.41) is 3.76. The van der Waals surface area contributed by atoms with Crippen LogP contribution in [0.1, 0.15) is 38.2 Å². The minimum absolute atomic E-state index is 0.0901. The molecule has 24 heavy (non-hydrogen) atoms. The van der Waals surface area contributed by atoms with Crippen molar-refractivity contribution in [1.82, 2.24) is 10.2 Å². The molecule has 1 fully saturated rings. The molecule has 1 N–H and O–H groups in total. The zero-order valence-electron chi connectivity index (χ0n) is 14.4. The van der Waals surface area contributed by atoms with Crippen molar-refractivity contribution < 1.29 is 9.53 Å². The van der Waals surface area contributed by atoms with Crippen molar-refractivity contribution >= 4 is 17.5 Å². The number of hydrogen-bond donors (Lipinski definition) is 1. The molecule has 2 aliphatic rings. The topological polar surface area (TPSA) is 41.6 Å². The van der Waals surface area contributed by atoms with Gasteiger partial charge in [-0.05, 0) is 62.9 Å². The highest BCUT2D eigenvalue weighted by Gasteiger charge is 2.26. The average Bonchev–Trinajstić information content (AvgIpc) is 2.59. The molecule has 4 nitrogen and oxygen atoms in total. The second-order valence-electron chi connectivity index (χ2n) is 6.99. The Morgan fingerprint density at radius 2 is 2.29 bits per heavy atom. The maximum atomic E-state index is 12.4. The number of carbonyl (C=O) groups excluding carboxylic acids is 1. The molecular formula is C19H27ClN2O2. The highest BCUT2D eigenvalue weighted by molar-refractivity contribution is 6.30. The number of nitrogens with zero attached hydrogens (tertiary/aromatic N) is 1. The molecule has 1 saturated heterocycles. The summed E-state index contributed by atoms with van der Waals surface area (Å²) in [7, 11) is 0. The summed E-state index contributed by atoms with van der Waals surface area (Å²) in [5.41, 5.74) is 1.02. The zero-order valence-corrected chi connectivity index (χ0v) is 15.1. The van der Waals surface area contributed by atoms with E-state index in [1.165, 1.54) is 25.8 Å². The van der Waals surface area contributed by atoms with E-state index in [1.54, 1.807) is 0 Å². The maximum absolute atomic E-state index is 12.4. The van der Waals surface area contributed by atoms with Gasteiger partial charge in [0.25, 0.3) is 0 Å². The SMILES string of the molecule is C[C@@H]1CCCCN1CCCNC(=O)[C@H]1COc2ccc(Cl)cc2C1. The zero-order chi connectivity index (χ0) is 16.9. The Morgan fingerprint density at radius 1 is 1.42 bits per heavy atom. The Bertz CT molecular complexity index is 578. The van der Waals surface area contributed by atoms with Gasteiger partial charge < -0.3 is 15.0 Å². The van der Waals surface area contributed by atoms with Gasteiger partial charge in [0.1, 0.15) is 12.4 Å². The van der Waals surface area contributed by atoms with Crippen LogP contribution in [-0.2, 0) is 11.2 Å². The van der Waals surface area contributed by atoms with Crippen LogP contribution in [0.5, 0.6) is 5.75 Å². The highest BCUT2D eigenvalue weighted by Crippen LogP contribution is 2.29. The van der Waals surface area contributed by atoms with Gasteiger partial charge in [0.05, 0.1) is 5.92 Å². The fourth-order valence-electron chi connectivity index (χ4n) is 3.66. The lowest BCUT2D eigenvalue weighted by Crippen LogP contribution is -2.41. The third-order valence-electron chi connectivity index (χ3n) is 5.16. The molecule has 2 aliphatic heterocycles. The van der Waals surface area contributed by atoms with Crippen molar-refractivity contribution in [1.29, 1.82) is 0 Å². The average molecular weight is 351 g/mol. The molecule has 0 bridgehead atoms. The number of amides is 1. The monoisotopic (exact) mass is 350 g/mol. The lowest BCUT2D eigenvalue weighted by atomic mass is 9.96. The summed E-state index contributed by atoms with van der Waals surface area (Å²) < 4.78 is 5.70. The van der Waals surface area contributed by atoms with E-state index in [0.717, 1.165) is 30.8 Å². The van der Waals surface area contributed by atoms with Crippen LogP contribution >= 0.6 is 11.6 Å². The molecule has 2 atom stereocenters. The van der Waals surface area contributed by atoms with Gasteiger partial charge in [-0.2, -0.15) is 0 Å². The van der Waals surface area contributed by atoms with E-state index in [1.807, 2.05) is 18.2 Å². The first-order valence-electron chi connectivity index (χ1n) is 9.06. The van der Waals surface area contributed by atoms with Crippen molar-refractivity contribution in [2.45, 2.75) is 45.1 Å². The summed E-state index contributed by atoms with van der Waals surface area (Å²) in [5.74, 6) is 0.819. The van der Waals surface area contributed by atoms with E-state index in [9.17, 15) is 4.79 Å². The smallest absolute Gasteiger partial charge is 0.226 e. The Kier molecular flexibility index (Phi) is 6.01. The first-order chi connectivity index (χ1) is 11.6. The first kappa shape index (κ1) is 17.6. The second kappa shape index (κ2) is 8.21. The lowest BCUT2D eigenvalue weighted by Gasteiger charge is -2.33. The van der Waals surface area contributed by atoms with E-state index in [4.69, 9.17) is 16.3 Å². The lowest BCUT2D eigenvalue weighted by molar-refractivity contribution is -0.126. The van der Waals surface area contributed by atoms with Crippen LogP contribution in [-0.4, -0.2) is 43.1 Å². The van der Waals surface area contributed by atoms with Crippen LogP contribution in [0.25, 0.3) is 0 Å². The Balaban J connectivity index is 1.41. The van der Waals surface area contributed by atoms with Crippen molar-refractivity contribution in [3.8, 4) is 5.75 Å². The molecule has 0 saturated carbocycles. The fourth-order valence-corrected chi connectivity index (χ4v) is 3.85. The van der Waals surface area contributed by atoms with Gasteiger partial charge in [-0.25, -0.2) is 0 Å². The van der Waals surface area contributed by atoms with Gasteiger partial charge in [0, 0.05) is 24.2 Å². The van der Waals surface area contributed by atoms with Gasteiger partial charge in [-0.15, -0.1) is 0 Å². The van der Waals surface area contributed by atoms with E-state index in [2.05, 4.69) is 17.1 Å². The van der Waals surface area contributed by atoms with Crippen molar-refractivity contribution in [3.05, 3.63) is 28.8 Å². The van der Waals surface area contributed by atoms with Crippen LogP contribution in [0.2, 0.25) is 5.02 Å². The normalized spacial score (nSPS) is 24.1. The van der Waals surface area contributed by atoms with Crippen LogP contribution < -0.4 is 10.1 Å². The molecule has 3 rings (SSSR count). The molecule has 0 unspecified atom stereocenters. The summed E-state index contributed by atoms with van der Waals surface area (Å²) in [6, 6.07) is 6.28. The van der Waals surface area contributed by atoms with Crippen molar-refractivity contribution in [2.75, 3.05) is 26.2 Å². The third-order valence-corrected chi connectivity index (χ3v) is 5.40. The van der Waals surface area contributed by atoms with Gasteiger partial charge in [0.15, 0.2) is 0 Å². The predicted molar refractivity (Wildman–Crippen MR) is 96.7 cm³/mol. The number of rotatable bonds is 5. The molecule has 5 heteroatoms. The summed E-state index contributed by atoms with van der Waals surface area (Å²) in [4.78, 5) is 14.9. The van der Waals surface area contributed by atoms with Gasteiger partial charge >= 0.3 is 0 Å². The van der Waals surface area contributed by atoms with Gasteiger partial charge in [0.2, 0.25) is 5.91 Å². The Hall–Kier alpha value is -1.26. The number of piperidine rings is 1. The number of likely N-dealkylation sites (tertiary alicyclic amines) is 1. The molecule has 0 spiro atoms. The third kappa shape index (κ3) is 4.42. The maximum Gasteiger partial charge on any atom is 0.226 e. The van der Waals surface area contributed by atoms with E-state index in [-0.39, 0.29) is 11.8 Å². The minimum Gasteiger partial charge on any atom is -0.492 e. The van der Waals surface area contributed by atoms with Crippen LogP contribution in [0, 0.1) is 5.92 Å². The van der Waals surface area contributed by atoms with E-state index in [0.29, 0.717) is 24.1 Å². The highest BCUT2D eigenvalue weighted by atomic mass is 35.5. The van der Waals surface area contributed by atoms with Crippen molar-refractivity contribution in [3.63, 3.8) is 0 Å². The predicted octanol–water partition coefficient (Wildman–Crippen LogP) is 3.27. The van der Waals surface area contributed by atoms with Crippen molar-refractivity contribution in [2.24, 2.45) is 5.92 Å². The molecule has 2 heterocycles. The molecule has 132 valence electrons. The number of nitrogens with one attached hydrogen (secondary N) is 1. The second-order valence-corrected chi connectivity index (χ2v) is 7.43. The van der Waals surface area contributed by atoms with Gasteiger partial charge in [-0.1, -0.05) is 18.0 Å². The quantitative estimate of drug-likeness (QED) is 0.829. The number of hydrogen-bond acceptors (Lipinski definition) is 3. The minimum atomic E-state index is -0.120. The number of benzene rings is 1. The van der Waals surface area contributed by atoms with Crippen LogP contribution in [0.15, 0.2) is 18.2 Å². The molecule has 0 aromatic heterocycles. The number of ether oxygens (including phenoxy) is 1. The molecule has 0 aliphatic carbocycles. The van der Waals surface area contributed by atoms with E-state index < -0.39 is 0 Å².